The van der Waals surface area contributed by atoms with Crippen molar-refractivity contribution in [2.45, 2.75) is 5.03 Å². The second-order valence-electron chi connectivity index (χ2n) is 1.31. The molecule has 2 heteroatoms. The fourth-order valence-electron chi connectivity index (χ4n) is 0.432. The Hall–Kier alpha value is -0.500. The minimum absolute atomic E-state index is 0.965. The van der Waals surface area contributed by atoms with Gasteiger partial charge in [0.15, 0.2) is 0 Å². The molecule has 0 unspecified atom stereocenters. The van der Waals surface area contributed by atoms with Gasteiger partial charge in [0.2, 0.25) is 0 Å². The highest BCUT2D eigenvalue weighted by molar-refractivity contribution is 8.00. The summed E-state index contributed by atoms with van der Waals surface area (Å²) in [6, 6.07) is 5.76. The summed E-state index contributed by atoms with van der Waals surface area (Å²) in [7, 11) is 0. The highest BCUT2D eigenvalue weighted by Gasteiger charge is 1.82. The van der Waals surface area contributed by atoms with Gasteiger partial charge in [0, 0.05) is 12.5 Å². The maximum atomic E-state index is 4.00. The van der Waals surface area contributed by atoms with E-state index in [0.29, 0.717) is 0 Å². The highest BCUT2D eigenvalue weighted by Crippen LogP contribution is 2.09. The molecule has 0 spiro atoms. The molecule has 1 nitrogen and oxygen atoms in total. The summed E-state index contributed by atoms with van der Waals surface area (Å²) in [6.07, 6.45) is 5.37. The van der Waals surface area contributed by atoms with E-state index in [0.717, 1.165) is 5.03 Å². The van der Waals surface area contributed by atoms with Crippen molar-refractivity contribution in [3.63, 3.8) is 0 Å². The van der Waals surface area contributed by atoms with E-state index in [9.17, 15) is 0 Å². The molecule has 0 aliphatic carbocycles. The van der Waals surface area contributed by atoms with Gasteiger partial charge in [-0.3, -0.25) is 0 Å². The quantitative estimate of drug-likeness (QED) is 0.531. The van der Waals surface area contributed by atoms with Gasteiger partial charge in [-0.2, -0.15) is 0 Å². The lowest BCUT2D eigenvalue weighted by atomic mass is 10.5. The van der Waals surface area contributed by atoms with Gasteiger partial charge < -0.3 is 0 Å². The summed E-state index contributed by atoms with van der Waals surface area (Å²) in [5.41, 5.74) is 0. The Morgan fingerprint density at radius 2 is 2.38 bits per heavy atom. The van der Waals surface area contributed by atoms with E-state index in [4.69, 9.17) is 0 Å². The number of hydrogen-bond donors (Lipinski definition) is 0. The fraction of sp³-hybridized carbons (Fsp3) is 0. The third-order valence-electron chi connectivity index (χ3n) is 0.786. The molecule has 41 valence electrons. The average molecular weight is 124 g/mol. The second kappa shape index (κ2) is 2.72. The van der Waals surface area contributed by atoms with Crippen molar-refractivity contribution in [3.8, 4) is 0 Å². The van der Waals surface area contributed by atoms with Crippen LogP contribution in [0.2, 0.25) is 0 Å². The predicted octanol–water partition coefficient (Wildman–Crippen LogP) is 1.97. The summed E-state index contributed by atoms with van der Waals surface area (Å²) in [5, 5.41) is 0.965. The van der Waals surface area contributed by atoms with Crippen LogP contribution in [0.25, 0.3) is 0 Å². The van der Waals surface area contributed by atoms with Crippen LogP contribution < -0.4 is 0 Å². The molecule has 1 aromatic heterocycles. The zero-order valence-electron chi connectivity index (χ0n) is 4.37. The van der Waals surface area contributed by atoms with Gasteiger partial charge in [-0.1, -0.05) is 6.07 Å². The number of thioether (sulfide) groups is 1. The van der Waals surface area contributed by atoms with Crippen LogP contribution >= 0.6 is 11.8 Å². The number of rotatable bonds is 1. The molecular formula is C6H6NS. The SMILES string of the molecule is [CH2]Sc1ccccn1. The first-order valence-electron chi connectivity index (χ1n) is 2.26. The first-order valence-corrected chi connectivity index (χ1v) is 3.25. The largest absolute Gasteiger partial charge is 0.250 e. The summed E-state index contributed by atoms with van der Waals surface area (Å²) < 4.78 is 0. The van der Waals surface area contributed by atoms with Crippen molar-refractivity contribution in [1.29, 1.82) is 0 Å². The summed E-state index contributed by atoms with van der Waals surface area (Å²) in [5.74, 6) is 0. The highest BCUT2D eigenvalue weighted by atomic mass is 32.2. The van der Waals surface area contributed by atoms with Gasteiger partial charge in [-0.05, 0) is 12.1 Å². The lowest BCUT2D eigenvalue weighted by Gasteiger charge is -1.88. The maximum absolute atomic E-state index is 4.00. The first-order chi connectivity index (χ1) is 3.93. The Morgan fingerprint density at radius 3 is 2.75 bits per heavy atom. The third-order valence-corrected chi connectivity index (χ3v) is 1.32. The Labute approximate surface area is 53.1 Å². The fourth-order valence-corrected chi connectivity index (χ4v) is 0.743. The molecule has 0 saturated heterocycles. The minimum Gasteiger partial charge on any atom is -0.250 e. The molecule has 8 heavy (non-hydrogen) atoms. The van der Waals surface area contributed by atoms with Gasteiger partial charge in [0.1, 0.15) is 0 Å². The minimum atomic E-state index is 0.965. The van der Waals surface area contributed by atoms with Crippen LogP contribution in [-0.4, -0.2) is 4.98 Å². The van der Waals surface area contributed by atoms with Gasteiger partial charge in [0.25, 0.3) is 0 Å². The van der Waals surface area contributed by atoms with Crippen LogP contribution in [0, 0.1) is 6.26 Å². The molecule has 0 aliphatic heterocycles. The van der Waals surface area contributed by atoms with E-state index >= 15 is 0 Å². The second-order valence-corrected chi connectivity index (χ2v) is 2.02. The van der Waals surface area contributed by atoms with Crippen molar-refractivity contribution >= 4 is 11.8 Å². The molecule has 0 bridgehead atoms. The Balaban J connectivity index is 2.83. The van der Waals surface area contributed by atoms with Crippen molar-refractivity contribution in [2.24, 2.45) is 0 Å². The molecule has 1 radical (unpaired) electrons. The van der Waals surface area contributed by atoms with Crippen LogP contribution in [0.4, 0.5) is 0 Å². The van der Waals surface area contributed by atoms with Gasteiger partial charge >= 0.3 is 0 Å². The van der Waals surface area contributed by atoms with Gasteiger partial charge in [-0.25, -0.2) is 4.98 Å². The normalized spacial score (nSPS) is 9.12. The predicted molar refractivity (Wildman–Crippen MR) is 35.5 cm³/mol. The van der Waals surface area contributed by atoms with E-state index in [1.165, 1.54) is 11.8 Å². The Morgan fingerprint density at radius 1 is 1.50 bits per heavy atom. The topological polar surface area (TPSA) is 12.9 Å². The summed E-state index contributed by atoms with van der Waals surface area (Å²) >= 11 is 1.41. The van der Waals surface area contributed by atoms with Crippen LogP contribution in [0.1, 0.15) is 0 Å². The average Bonchev–Trinajstić information content (AvgIpc) is 1.90. The van der Waals surface area contributed by atoms with E-state index in [-0.39, 0.29) is 0 Å². The first kappa shape index (κ1) is 5.63. The molecule has 1 rings (SSSR count). The van der Waals surface area contributed by atoms with Crippen molar-refractivity contribution < 1.29 is 0 Å². The number of nitrogens with zero attached hydrogens (tertiary/aromatic N) is 1. The van der Waals surface area contributed by atoms with Crippen LogP contribution in [-0.2, 0) is 0 Å². The van der Waals surface area contributed by atoms with E-state index < -0.39 is 0 Å². The lowest BCUT2D eigenvalue weighted by Crippen LogP contribution is -1.70. The van der Waals surface area contributed by atoms with Gasteiger partial charge in [0.05, 0.1) is 5.03 Å². The van der Waals surface area contributed by atoms with Crippen molar-refractivity contribution in [3.05, 3.63) is 30.7 Å². The molecule has 0 saturated carbocycles. The molecule has 1 heterocycles. The molecule has 0 atom stereocenters. The third kappa shape index (κ3) is 1.23. The monoisotopic (exact) mass is 124 g/mol. The maximum Gasteiger partial charge on any atom is 0.0960 e. The molecule has 0 aromatic carbocycles. The molecule has 0 amide bonds. The van der Waals surface area contributed by atoms with Crippen LogP contribution in [0.15, 0.2) is 29.4 Å². The number of aromatic nitrogens is 1. The van der Waals surface area contributed by atoms with Crippen LogP contribution in [0.3, 0.4) is 0 Å². The molecule has 0 N–H and O–H groups in total. The molecule has 0 fully saturated rings. The zero-order valence-corrected chi connectivity index (χ0v) is 5.19. The Bertz CT molecular complexity index is 150. The van der Waals surface area contributed by atoms with E-state index in [1.807, 2.05) is 18.2 Å². The molecule has 1 aromatic rings. The number of hydrogen-bond acceptors (Lipinski definition) is 2. The Kier molecular flexibility index (Phi) is 1.92. The number of pyridine rings is 1. The van der Waals surface area contributed by atoms with E-state index in [1.54, 1.807) is 6.20 Å². The van der Waals surface area contributed by atoms with E-state index in [2.05, 4.69) is 11.2 Å². The van der Waals surface area contributed by atoms with Crippen molar-refractivity contribution in [2.75, 3.05) is 0 Å². The standard InChI is InChI=1S/C6H6NS/c1-8-6-4-2-3-5-7-6/h2-5H,1H2. The summed E-state index contributed by atoms with van der Waals surface area (Å²) in [6.45, 7) is 0. The smallest absolute Gasteiger partial charge is 0.0960 e. The van der Waals surface area contributed by atoms with Crippen LogP contribution in [0.5, 0.6) is 0 Å². The zero-order chi connectivity index (χ0) is 5.82. The molecule has 0 aliphatic rings. The summed E-state index contributed by atoms with van der Waals surface area (Å²) in [4.78, 5) is 4.00. The van der Waals surface area contributed by atoms with Gasteiger partial charge in [-0.15, -0.1) is 11.8 Å². The van der Waals surface area contributed by atoms with Crippen molar-refractivity contribution in [1.82, 2.24) is 4.98 Å². The molecular weight excluding hydrogens is 118 g/mol. The lowest BCUT2D eigenvalue weighted by molar-refractivity contribution is 1.14.